The molecule has 0 unspecified atom stereocenters. The molecule has 2 rings (SSSR count). The molecule has 5 heteroatoms. The summed E-state index contributed by atoms with van der Waals surface area (Å²) in [5, 5.41) is 13.0. The Balaban J connectivity index is 1.77. The molecule has 1 aliphatic rings. The molecule has 0 aromatic carbocycles. The summed E-state index contributed by atoms with van der Waals surface area (Å²) in [4.78, 5) is 11.1. The Morgan fingerprint density at radius 2 is 2.22 bits per heavy atom. The number of carboxylic acids is 1. The van der Waals surface area contributed by atoms with Gasteiger partial charge in [-0.05, 0) is 37.2 Å². The molecule has 0 atom stereocenters. The van der Waals surface area contributed by atoms with Crippen molar-refractivity contribution in [3.63, 3.8) is 0 Å². The van der Waals surface area contributed by atoms with E-state index in [1.165, 1.54) is 43.6 Å². The van der Waals surface area contributed by atoms with Gasteiger partial charge in [-0.2, -0.15) is 4.37 Å². The van der Waals surface area contributed by atoms with Crippen LogP contribution in [0.25, 0.3) is 0 Å². The second kappa shape index (κ2) is 6.18. The molecule has 1 heterocycles. The molecule has 100 valence electrons. The number of aromatic nitrogens is 1. The summed E-state index contributed by atoms with van der Waals surface area (Å²) in [5.74, 6) is 0.00786. The molecular formula is C13H20N2O2S. The van der Waals surface area contributed by atoms with Crippen LogP contribution < -0.4 is 5.32 Å². The van der Waals surface area contributed by atoms with Crippen molar-refractivity contribution in [3.8, 4) is 0 Å². The first-order valence-corrected chi connectivity index (χ1v) is 7.39. The summed E-state index contributed by atoms with van der Waals surface area (Å²) in [6.07, 6.45) is 7.89. The van der Waals surface area contributed by atoms with E-state index in [2.05, 4.69) is 9.69 Å². The molecule has 0 spiro atoms. The minimum atomic E-state index is -0.889. The van der Waals surface area contributed by atoms with E-state index in [9.17, 15) is 4.79 Å². The van der Waals surface area contributed by atoms with Crippen molar-refractivity contribution in [1.82, 2.24) is 4.37 Å². The summed E-state index contributed by atoms with van der Waals surface area (Å²) < 4.78 is 4.09. The van der Waals surface area contributed by atoms with Crippen molar-refractivity contribution in [3.05, 3.63) is 11.3 Å². The van der Waals surface area contributed by atoms with Crippen molar-refractivity contribution in [2.75, 3.05) is 11.9 Å². The maximum atomic E-state index is 11.1. The minimum Gasteiger partial charge on any atom is -0.478 e. The van der Waals surface area contributed by atoms with Crippen LogP contribution in [0.4, 0.5) is 5.00 Å². The SMILES string of the molecule is Cc1nsc(NCCCC2CCCC2)c1C(=O)O. The quantitative estimate of drug-likeness (QED) is 0.775. The third-order valence-electron chi connectivity index (χ3n) is 3.63. The maximum Gasteiger partial charge on any atom is 0.340 e. The number of carboxylic acid groups (broad SMARTS) is 1. The Hall–Kier alpha value is -1.10. The highest BCUT2D eigenvalue weighted by Gasteiger charge is 2.17. The largest absolute Gasteiger partial charge is 0.478 e. The zero-order valence-corrected chi connectivity index (χ0v) is 11.6. The van der Waals surface area contributed by atoms with Crippen LogP contribution >= 0.6 is 11.5 Å². The Bertz CT molecular complexity index is 411. The van der Waals surface area contributed by atoms with Crippen molar-refractivity contribution >= 4 is 22.5 Å². The van der Waals surface area contributed by atoms with E-state index in [4.69, 9.17) is 5.11 Å². The fourth-order valence-electron chi connectivity index (χ4n) is 2.63. The van der Waals surface area contributed by atoms with E-state index >= 15 is 0 Å². The number of anilines is 1. The number of nitrogens with zero attached hydrogens (tertiary/aromatic N) is 1. The monoisotopic (exact) mass is 268 g/mol. The number of nitrogens with one attached hydrogen (secondary N) is 1. The summed E-state index contributed by atoms with van der Waals surface area (Å²) in [5.41, 5.74) is 0.937. The van der Waals surface area contributed by atoms with Crippen LogP contribution in [0, 0.1) is 12.8 Å². The lowest BCUT2D eigenvalue weighted by atomic mass is 10.0. The lowest BCUT2D eigenvalue weighted by molar-refractivity contribution is 0.0697. The summed E-state index contributed by atoms with van der Waals surface area (Å²) >= 11 is 1.25. The first-order valence-electron chi connectivity index (χ1n) is 6.62. The van der Waals surface area contributed by atoms with Gasteiger partial charge in [-0.3, -0.25) is 0 Å². The highest BCUT2D eigenvalue weighted by Crippen LogP contribution is 2.29. The molecule has 0 radical (unpaired) electrons. The summed E-state index contributed by atoms with van der Waals surface area (Å²) in [6, 6.07) is 0. The number of hydrogen-bond acceptors (Lipinski definition) is 4. The van der Waals surface area contributed by atoms with Gasteiger partial charge in [0.1, 0.15) is 10.6 Å². The first-order chi connectivity index (χ1) is 8.68. The standard InChI is InChI=1S/C13H20N2O2S/c1-9-11(13(16)17)12(18-15-9)14-8-4-7-10-5-2-3-6-10/h10,14H,2-8H2,1H3,(H,16,17). The Morgan fingerprint density at radius 1 is 1.50 bits per heavy atom. The average Bonchev–Trinajstić information content (AvgIpc) is 2.94. The second-order valence-electron chi connectivity index (χ2n) is 5.00. The highest BCUT2D eigenvalue weighted by atomic mass is 32.1. The molecule has 0 saturated heterocycles. The van der Waals surface area contributed by atoms with Crippen molar-refractivity contribution in [2.45, 2.75) is 45.4 Å². The minimum absolute atomic E-state index is 0.334. The van der Waals surface area contributed by atoms with E-state index < -0.39 is 5.97 Å². The van der Waals surface area contributed by atoms with Gasteiger partial charge in [-0.25, -0.2) is 4.79 Å². The number of aromatic carboxylic acids is 1. The maximum absolute atomic E-state index is 11.1. The van der Waals surface area contributed by atoms with Crippen LogP contribution in [-0.4, -0.2) is 22.0 Å². The molecule has 4 nitrogen and oxygen atoms in total. The Labute approximate surface area is 112 Å². The van der Waals surface area contributed by atoms with Crippen LogP contribution in [0.2, 0.25) is 0 Å². The van der Waals surface area contributed by atoms with Crippen molar-refractivity contribution in [2.24, 2.45) is 5.92 Å². The van der Waals surface area contributed by atoms with Crippen LogP contribution in [0.5, 0.6) is 0 Å². The van der Waals surface area contributed by atoms with Gasteiger partial charge in [0, 0.05) is 6.54 Å². The predicted molar refractivity (Wildman–Crippen MR) is 73.5 cm³/mol. The first kappa shape index (κ1) is 13.3. The number of aryl methyl sites for hydroxylation is 1. The topological polar surface area (TPSA) is 62.2 Å². The smallest absolute Gasteiger partial charge is 0.340 e. The number of rotatable bonds is 6. The van der Waals surface area contributed by atoms with E-state index in [0.717, 1.165) is 18.9 Å². The van der Waals surface area contributed by atoms with Gasteiger partial charge < -0.3 is 10.4 Å². The van der Waals surface area contributed by atoms with E-state index in [1.807, 2.05) is 0 Å². The summed E-state index contributed by atoms with van der Waals surface area (Å²) in [7, 11) is 0. The van der Waals surface area contributed by atoms with Gasteiger partial charge in [0.05, 0.1) is 5.69 Å². The van der Waals surface area contributed by atoms with E-state index in [-0.39, 0.29) is 0 Å². The molecule has 1 aliphatic carbocycles. The van der Waals surface area contributed by atoms with Crippen LogP contribution in [-0.2, 0) is 0 Å². The van der Waals surface area contributed by atoms with Gasteiger partial charge in [0.2, 0.25) is 0 Å². The van der Waals surface area contributed by atoms with Crippen LogP contribution in [0.3, 0.4) is 0 Å². The van der Waals surface area contributed by atoms with E-state index in [1.54, 1.807) is 6.92 Å². The molecule has 18 heavy (non-hydrogen) atoms. The van der Waals surface area contributed by atoms with Crippen LogP contribution in [0.1, 0.15) is 54.6 Å². The zero-order chi connectivity index (χ0) is 13.0. The lowest BCUT2D eigenvalue weighted by Gasteiger charge is -2.09. The Morgan fingerprint density at radius 3 is 2.89 bits per heavy atom. The third-order valence-corrected chi connectivity index (χ3v) is 4.52. The molecule has 0 bridgehead atoms. The number of hydrogen-bond donors (Lipinski definition) is 2. The fourth-order valence-corrected chi connectivity index (χ4v) is 3.45. The van der Waals surface area contributed by atoms with Crippen molar-refractivity contribution in [1.29, 1.82) is 0 Å². The Kier molecular flexibility index (Phi) is 4.58. The molecule has 1 saturated carbocycles. The molecule has 1 aromatic rings. The fraction of sp³-hybridized carbons (Fsp3) is 0.692. The molecule has 1 fully saturated rings. The zero-order valence-electron chi connectivity index (χ0n) is 10.7. The van der Waals surface area contributed by atoms with Gasteiger partial charge in [-0.15, -0.1) is 0 Å². The third kappa shape index (κ3) is 3.22. The predicted octanol–water partition coefficient (Wildman–Crippen LogP) is 3.53. The van der Waals surface area contributed by atoms with Crippen LogP contribution in [0.15, 0.2) is 0 Å². The normalized spacial score (nSPS) is 16.1. The molecule has 0 amide bonds. The van der Waals surface area contributed by atoms with Gasteiger partial charge in [-0.1, -0.05) is 25.7 Å². The number of carbonyl (C=O) groups is 1. The van der Waals surface area contributed by atoms with Gasteiger partial charge in [0.25, 0.3) is 0 Å². The van der Waals surface area contributed by atoms with E-state index in [0.29, 0.717) is 16.3 Å². The lowest BCUT2D eigenvalue weighted by Crippen LogP contribution is -2.07. The summed E-state index contributed by atoms with van der Waals surface area (Å²) in [6.45, 7) is 2.59. The van der Waals surface area contributed by atoms with Crippen molar-refractivity contribution < 1.29 is 9.90 Å². The molecule has 2 N–H and O–H groups in total. The molecular weight excluding hydrogens is 248 g/mol. The van der Waals surface area contributed by atoms with Gasteiger partial charge in [0.15, 0.2) is 0 Å². The molecule has 0 aliphatic heterocycles. The second-order valence-corrected chi connectivity index (χ2v) is 5.77. The average molecular weight is 268 g/mol. The highest BCUT2D eigenvalue weighted by molar-refractivity contribution is 7.10. The van der Waals surface area contributed by atoms with Gasteiger partial charge >= 0.3 is 5.97 Å². The molecule has 1 aromatic heterocycles.